The monoisotopic (exact) mass is 479 g/mol. The van der Waals surface area contributed by atoms with Crippen LogP contribution in [-0.2, 0) is 10.0 Å². The number of sulfonamides is 1. The summed E-state index contributed by atoms with van der Waals surface area (Å²) in [6, 6.07) is 6.60. The van der Waals surface area contributed by atoms with Gasteiger partial charge in [0, 0.05) is 55.3 Å². The number of nitrogens with zero attached hydrogens (tertiary/aromatic N) is 2. The molecular formula is C24H37N3O3S2. The van der Waals surface area contributed by atoms with Crippen molar-refractivity contribution in [3.63, 3.8) is 0 Å². The zero-order chi connectivity index (χ0) is 22.6. The van der Waals surface area contributed by atoms with Gasteiger partial charge in [-0.1, -0.05) is 38.2 Å². The predicted molar refractivity (Wildman–Crippen MR) is 131 cm³/mol. The highest BCUT2D eigenvalue weighted by molar-refractivity contribution is 7.99. The second kappa shape index (κ2) is 10.5. The highest BCUT2D eigenvalue weighted by atomic mass is 32.2. The number of carbonyl (C=O) groups is 1. The molecule has 1 aromatic rings. The van der Waals surface area contributed by atoms with Crippen molar-refractivity contribution < 1.29 is 13.2 Å². The number of nitrogens with one attached hydrogen (secondary N) is 1. The molecule has 2 saturated carbocycles. The van der Waals surface area contributed by atoms with Gasteiger partial charge in [0.15, 0.2) is 0 Å². The SMILES string of the molecule is CN(C1CCCCC1)S(=O)(=O)c1cccc(C(=O)NCC2(N3CCSCC3)CCCC2)c1. The zero-order valence-corrected chi connectivity index (χ0v) is 20.9. The van der Waals surface area contributed by atoms with Crippen LogP contribution in [0, 0.1) is 0 Å². The number of thioether (sulfide) groups is 1. The molecule has 0 bridgehead atoms. The van der Waals surface area contributed by atoms with Crippen LogP contribution in [0.3, 0.4) is 0 Å². The summed E-state index contributed by atoms with van der Waals surface area (Å²) in [6.45, 7) is 2.80. The number of rotatable bonds is 7. The largest absolute Gasteiger partial charge is 0.350 e. The van der Waals surface area contributed by atoms with Crippen LogP contribution in [0.1, 0.15) is 68.1 Å². The van der Waals surface area contributed by atoms with E-state index in [-0.39, 0.29) is 22.4 Å². The van der Waals surface area contributed by atoms with E-state index in [2.05, 4.69) is 10.2 Å². The van der Waals surface area contributed by atoms with Crippen molar-refractivity contribution in [1.29, 1.82) is 0 Å². The molecule has 6 nitrogen and oxygen atoms in total. The van der Waals surface area contributed by atoms with E-state index >= 15 is 0 Å². The van der Waals surface area contributed by atoms with Gasteiger partial charge >= 0.3 is 0 Å². The minimum absolute atomic E-state index is 0.0520. The van der Waals surface area contributed by atoms with Gasteiger partial charge in [-0.05, 0) is 43.9 Å². The first-order valence-electron chi connectivity index (χ1n) is 12.1. The molecule has 0 aromatic heterocycles. The molecular weight excluding hydrogens is 442 g/mol. The number of benzene rings is 1. The highest BCUT2D eigenvalue weighted by Crippen LogP contribution is 2.36. The summed E-state index contributed by atoms with van der Waals surface area (Å²) in [7, 11) is -1.93. The second-order valence-corrected chi connectivity index (χ2v) is 12.8. The van der Waals surface area contributed by atoms with E-state index in [0.717, 1.165) is 63.1 Å². The maximum absolute atomic E-state index is 13.2. The molecule has 0 spiro atoms. The van der Waals surface area contributed by atoms with E-state index in [1.807, 2.05) is 11.8 Å². The van der Waals surface area contributed by atoms with E-state index in [1.54, 1.807) is 31.3 Å². The molecule has 0 unspecified atom stereocenters. The first-order chi connectivity index (χ1) is 15.4. The van der Waals surface area contributed by atoms with Gasteiger partial charge in [-0.25, -0.2) is 8.42 Å². The minimum atomic E-state index is -3.61. The van der Waals surface area contributed by atoms with Crippen LogP contribution < -0.4 is 5.32 Å². The van der Waals surface area contributed by atoms with E-state index in [1.165, 1.54) is 23.6 Å². The summed E-state index contributed by atoms with van der Waals surface area (Å²) in [5, 5.41) is 3.15. The average molecular weight is 480 g/mol. The summed E-state index contributed by atoms with van der Waals surface area (Å²) in [5.74, 6) is 2.13. The maximum Gasteiger partial charge on any atom is 0.251 e. The third kappa shape index (κ3) is 5.18. The number of hydrogen-bond acceptors (Lipinski definition) is 5. The van der Waals surface area contributed by atoms with Gasteiger partial charge in [0.25, 0.3) is 5.91 Å². The highest BCUT2D eigenvalue weighted by Gasteiger charge is 2.40. The van der Waals surface area contributed by atoms with Crippen LogP contribution >= 0.6 is 11.8 Å². The molecule has 1 N–H and O–H groups in total. The summed E-state index contributed by atoms with van der Waals surface area (Å²) < 4.78 is 28.0. The molecule has 32 heavy (non-hydrogen) atoms. The molecule has 1 aliphatic heterocycles. The summed E-state index contributed by atoms with van der Waals surface area (Å²) in [6.07, 6.45) is 9.81. The minimum Gasteiger partial charge on any atom is -0.350 e. The fourth-order valence-electron chi connectivity index (χ4n) is 5.63. The fraction of sp³-hybridized carbons (Fsp3) is 0.708. The number of hydrogen-bond donors (Lipinski definition) is 1. The summed E-state index contributed by atoms with van der Waals surface area (Å²) in [5.41, 5.74) is 0.479. The third-order valence-corrected chi connectivity index (χ3v) is 10.5. The topological polar surface area (TPSA) is 69.7 Å². The molecule has 3 fully saturated rings. The molecule has 2 aliphatic carbocycles. The predicted octanol–water partition coefficient (Wildman–Crippen LogP) is 3.73. The van der Waals surface area contributed by atoms with Crippen molar-refractivity contribution in [2.45, 2.75) is 74.3 Å². The first kappa shape index (κ1) is 24.0. The van der Waals surface area contributed by atoms with E-state index in [4.69, 9.17) is 0 Å². The lowest BCUT2D eigenvalue weighted by Crippen LogP contribution is -2.56. The van der Waals surface area contributed by atoms with Crippen molar-refractivity contribution in [3.8, 4) is 0 Å². The lowest BCUT2D eigenvalue weighted by Gasteiger charge is -2.43. The summed E-state index contributed by atoms with van der Waals surface area (Å²) >= 11 is 2.00. The average Bonchev–Trinajstić information content (AvgIpc) is 3.33. The van der Waals surface area contributed by atoms with Crippen LogP contribution in [0.2, 0.25) is 0 Å². The first-order valence-corrected chi connectivity index (χ1v) is 14.7. The Labute approximate surface area is 197 Å². The summed E-state index contributed by atoms with van der Waals surface area (Å²) in [4.78, 5) is 15.8. The van der Waals surface area contributed by atoms with Crippen molar-refractivity contribution in [3.05, 3.63) is 29.8 Å². The van der Waals surface area contributed by atoms with E-state index in [0.29, 0.717) is 12.1 Å². The number of amides is 1. The second-order valence-electron chi connectivity index (χ2n) is 9.55. The molecule has 178 valence electrons. The van der Waals surface area contributed by atoms with Gasteiger partial charge in [-0.15, -0.1) is 0 Å². The molecule has 0 radical (unpaired) electrons. The molecule has 1 saturated heterocycles. The lowest BCUT2D eigenvalue weighted by atomic mass is 9.94. The van der Waals surface area contributed by atoms with Gasteiger partial charge in [-0.2, -0.15) is 16.1 Å². The Morgan fingerprint density at radius 2 is 1.81 bits per heavy atom. The molecule has 8 heteroatoms. The van der Waals surface area contributed by atoms with Crippen LogP contribution in [-0.4, -0.2) is 73.3 Å². The van der Waals surface area contributed by atoms with E-state index < -0.39 is 10.0 Å². The maximum atomic E-state index is 13.2. The molecule has 4 rings (SSSR count). The standard InChI is InChI=1S/C24H37N3O3S2/c1-26(21-9-3-2-4-10-21)32(29,30)22-11-7-8-20(18-22)23(28)25-19-24(12-5-6-13-24)27-14-16-31-17-15-27/h7-8,11,18,21H,2-6,9-10,12-17,19H2,1H3,(H,25,28). The van der Waals surface area contributed by atoms with Crippen LogP contribution in [0.4, 0.5) is 0 Å². The lowest BCUT2D eigenvalue weighted by molar-refractivity contribution is 0.0817. The smallest absolute Gasteiger partial charge is 0.251 e. The fourth-order valence-corrected chi connectivity index (χ4v) is 7.99. The molecule has 0 atom stereocenters. The molecule has 3 aliphatic rings. The van der Waals surface area contributed by atoms with Crippen LogP contribution in [0.5, 0.6) is 0 Å². The Hall–Kier alpha value is -1.09. The van der Waals surface area contributed by atoms with Gasteiger partial charge in [0.05, 0.1) is 4.90 Å². The van der Waals surface area contributed by atoms with Crippen LogP contribution in [0.15, 0.2) is 29.2 Å². The van der Waals surface area contributed by atoms with E-state index in [9.17, 15) is 13.2 Å². The van der Waals surface area contributed by atoms with Gasteiger partial charge in [0.2, 0.25) is 10.0 Å². The normalized spacial score (nSPS) is 22.8. The van der Waals surface area contributed by atoms with Crippen LogP contribution in [0.25, 0.3) is 0 Å². The van der Waals surface area contributed by atoms with Crippen molar-refractivity contribution >= 4 is 27.7 Å². The van der Waals surface area contributed by atoms with Crippen molar-refractivity contribution in [2.75, 3.05) is 38.2 Å². The number of carbonyl (C=O) groups excluding carboxylic acids is 1. The molecule has 1 heterocycles. The third-order valence-electron chi connectivity index (χ3n) is 7.66. The van der Waals surface area contributed by atoms with Crippen molar-refractivity contribution in [2.24, 2.45) is 0 Å². The Kier molecular flexibility index (Phi) is 7.85. The van der Waals surface area contributed by atoms with Gasteiger partial charge in [-0.3, -0.25) is 9.69 Å². The Morgan fingerprint density at radius 1 is 1.12 bits per heavy atom. The van der Waals surface area contributed by atoms with Gasteiger partial charge < -0.3 is 5.32 Å². The Morgan fingerprint density at radius 3 is 2.50 bits per heavy atom. The zero-order valence-electron chi connectivity index (χ0n) is 19.2. The molecule has 1 aromatic carbocycles. The van der Waals surface area contributed by atoms with Crippen molar-refractivity contribution in [1.82, 2.24) is 14.5 Å². The Balaban J connectivity index is 1.45. The Bertz CT molecular complexity index is 888. The molecule has 1 amide bonds. The quantitative estimate of drug-likeness (QED) is 0.645. The van der Waals surface area contributed by atoms with Gasteiger partial charge in [0.1, 0.15) is 0 Å².